The summed E-state index contributed by atoms with van der Waals surface area (Å²) in [7, 11) is 1.40. The molecule has 2 rings (SSSR count). The number of quaternary nitrogens is 1. The van der Waals surface area contributed by atoms with E-state index in [9.17, 15) is 9.59 Å². The normalized spacial score (nSPS) is 20.7. The number of hydrogen-bond acceptors (Lipinski definition) is 4. The Morgan fingerprint density at radius 3 is 2.68 bits per heavy atom. The summed E-state index contributed by atoms with van der Waals surface area (Å²) in [4.78, 5) is 24.7. The van der Waals surface area contributed by atoms with E-state index in [2.05, 4.69) is 11.4 Å². The van der Waals surface area contributed by atoms with Crippen molar-refractivity contribution in [2.45, 2.75) is 12.8 Å². The molecule has 1 amide bonds. The van der Waals surface area contributed by atoms with Gasteiger partial charge in [0.1, 0.15) is 6.07 Å². The number of nitriles is 1. The molecule has 1 fully saturated rings. The molecular weight excluding hydrogens is 282 g/mol. The predicted octanol–water partition coefficient (Wildman–Crippen LogP) is -0.0353. The SMILES string of the molecule is COC(=O)C1CC[NH+](CC(=O)Nc2ccccc2C#N)CC1. The molecule has 0 spiro atoms. The number of likely N-dealkylation sites (tertiary alicyclic amines) is 1. The summed E-state index contributed by atoms with van der Waals surface area (Å²) in [6.45, 7) is 1.88. The van der Waals surface area contributed by atoms with Gasteiger partial charge in [0.2, 0.25) is 0 Å². The number of methoxy groups -OCH3 is 1. The van der Waals surface area contributed by atoms with E-state index in [1.165, 1.54) is 7.11 Å². The maximum Gasteiger partial charge on any atom is 0.309 e. The van der Waals surface area contributed by atoms with Crippen LogP contribution in [0.3, 0.4) is 0 Å². The van der Waals surface area contributed by atoms with Crippen LogP contribution in [-0.2, 0) is 14.3 Å². The predicted molar refractivity (Wildman–Crippen MR) is 80.1 cm³/mol. The Morgan fingerprint density at radius 1 is 1.36 bits per heavy atom. The van der Waals surface area contributed by atoms with Crippen LogP contribution in [0.4, 0.5) is 5.69 Å². The lowest BCUT2D eigenvalue weighted by Crippen LogP contribution is -3.14. The smallest absolute Gasteiger partial charge is 0.309 e. The molecule has 0 bridgehead atoms. The van der Waals surface area contributed by atoms with Crippen molar-refractivity contribution in [3.63, 3.8) is 0 Å². The third kappa shape index (κ3) is 4.06. The van der Waals surface area contributed by atoms with Crippen LogP contribution in [0.25, 0.3) is 0 Å². The van der Waals surface area contributed by atoms with Crippen LogP contribution in [0.1, 0.15) is 18.4 Å². The molecule has 2 N–H and O–H groups in total. The summed E-state index contributed by atoms with van der Waals surface area (Å²) in [5.74, 6) is -0.322. The van der Waals surface area contributed by atoms with Gasteiger partial charge in [-0.25, -0.2) is 0 Å². The average molecular weight is 302 g/mol. The number of piperidine rings is 1. The standard InChI is InChI=1S/C16H19N3O3/c1-22-16(21)12-6-8-19(9-7-12)11-15(20)18-14-5-3-2-4-13(14)10-17/h2-5,12H,6-9,11H2,1H3,(H,18,20)/p+1. The summed E-state index contributed by atoms with van der Waals surface area (Å²) in [6.07, 6.45) is 1.48. The van der Waals surface area contributed by atoms with Crippen LogP contribution in [0, 0.1) is 17.2 Å². The second-order valence-electron chi connectivity index (χ2n) is 5.43. The maximum absolute atomic E-state index is 12.1. The summed E-state index contributed by atoms with van der Waals surface area (Å²) >= 11 is 0. The van der Waals surface area contributed by atoms with Crippen LogP contribution in [-0.4, -0.2) is 38.6 Å². The van der Waals surface area contributed by atoms with Gasteiger partial charge in [-0.3, -0.25) is 9.59 Å². The number of carbonyl (C=O) groups excluding carboxylic acids is 2. The van der Waals surface area contributed by atoms with Crippen LogP contribution in [0.2, 0.25) is 0 Å². The van der Waals surface area contributed by atoms with E-state index in [0.717, 1.165) is 30.8 Å². The molecule has 116 valence electrons. The van der Waals surface area contributed by atoms with E-state index in [-0.39, 0.29) is 17.8 Å². The van der Waals surface area contributed by atoms with Crippen molar-refractivity contribution >= 4 is 17.6 Å². The summed E-state index contributed by atoms with van der Waals surface area (Å²) < 4.78 is 4.75. The monoisotopic (exact) mass is 302 g/mol. The lowest BCUT2D eigenvalue weighted by molar-refractivity contribution is -0.897. The molecule has 1 saturated heterocycles. The van der Waals surface area contributed by atoms with Crippen molar-refractivity contribution in [1.82, 2.24) is 0 Å². The molecule has 0 saturated carbocycles. The Morgan fingerprint density at radius 2 is 2.05 bits per heavy atom. The maximum atomic E-state index is 12.1. The Hall–Kier alpha value is -2.39. The molecular formula is C16H20N3O3+. The molecule has 6 heteroatoms. The van der Waals surface area contributed by atoms with Gasteiger partial charge in [-0.1, -0.05) is 12.1 Å². The number of anilines is 1. The summed E-state index contributed by atoms with van der Waals surface area (Å²) in [5.41, 5.74) is 0.995. The van der Waals surface area contributed by atoms with Gasteiger partial charge in [0.25, 0.3) is 5.91 Å². The van der Waals surface area contributed by atoms with Gasteiger partial charge >= 0.3 is 5.97 Å². The van der Waals surface area contributed by atoms with Gasteiger partial charge in [-0.05, 0) is 12.1 Å². The van der Waals surface area contributed by atoms with E-state index in [4.69, 9.17) is 10.00 Å². The lowest BCUT2D eigenvalue weighted by Gasteiger charge is -2.27. The zero-order chi connectivity index (χ0) is 15.9. The van der Waals surface area contributed by atoms with E-state index < -0.39 is 0 Å². The number of esters is 1. The number of nitrogens with zero attached hydrogens (tertiary/aromatic N) is 1. The number of hydrogen-bond donors (Lipinski definition) is 2. The van der Waals surface area contributed by atoms with E-state index >= 15 is 0 Å². The van der Waals surface area contributed by atoms with Gasteiger partial charge < -0.3 is 15.0 Å². The van der Waals surface area contributed by atoms with Gasteiger partial charge in [0, 0.05) is 12.8 Å². The van der Waals surface area contributed by atoms with Crippen LogP contribution in [0.15, 0.2) is 24.3 Å². The summed E-state index contributed by atoms with van der Waals surface area (Å²) in [6, 6.07) is 8.99. The highest BCUT2D eigenvalue weighted by Gasteiger charge is 2.29. The van der Waals surface area contributed by atoms with Crippen molar-refractivity contribution in [3.05, 3.63) is 29.8 Å². The highest BCUT2D eigenvalue weighted by atomic mass is 16.5. The first-order valence-corrected chi connectivity index (χ1v) is 7.34. The number of nitrogens with one attached hydrogen (secondary N) is 2. The number of benzene rings is 1. The van der Waals surface area contributed by atoms with Crippen molar-refractivity contribution in [1.29, 1.82) is 5.26 Å². The third-order valence-corrected chi connectivity index (χ3v) is 3.96. The van der Waals surface area contributed by atoms with Gasteiger partial charge in [0.05, 0.1) is 37.4 Å². The first-order chi connectivity index (χ1) is 10.6. The number of rotatable bonds is 4. The van der Waals surface area contributed by atoms with Crippen LogP contribution in [0.5, 0.6) is 0 Å². The van der Waals surface area contributed by atoms with E-state index in [0.29, 0.717) is 17.8 Å². The lowest BCUT2D eigenvalue weighted by atomic mass is 9.97. The quantitative estimate of drug-likeness (QED) is 0.765. The zero-order valence-corrected chi connectivity index (χ0v) is 12.6. The minimum Gasteiger partial charge on any atom is -0.469 e. The second kappa shape index (κ2) is 7.57. The number of amides is 1. The van der Waals surface area contributed by atoms with Crippen LogP contribution < -0.4 is 10.2 Å². The molecule has 1 aromatic carbocycles. The molecule has 0 aromatic heterocycles. The first-order valence-electron chi connectivity index (χ1n) is 7.34. The summed E-state index contributed by atoms with van der Waals surface area (Å²) in [5, 5.41) is 11.8. The Bertz CT molecular complexity index is 587. The van der Waals surface area contributed by atoms with Crippen molar-refractivity contribution < 1.29 is 19.2 Å². The van der Waals surface area contributed by atoms with Gasteiger partial charge in [-0.2, -0.15) is 5.26 Å². The Labute approximate surface area is 129 Å². The molecule has 6 nitrogen and oxygen atoms in total. The molecule has 22 heavy (non-hydrogen) atoms. The fourth-order valence-electron chi connectivity index (χ4n) is 2.72. The van der Waals surface area contributed by atoms with Crippen LogP contribution >= 0.6 is 0 Å². The zero-order valence-electron chi connectivity index (χ0n) is 12.6. The highest BCUT2D eigenvalue weighted by molar-refractivity contribution is 5.92. The topological polar surface area (TPSA) is 83.6 Å². The fourth-order valence-corrected chi connectivity index (χ4v) is 2.72. The average Bonchev–Trinajstić information content (AvgIpc) is 2.55. The molecule has 1 heterocycles. The Kier molecular flexibility index (Phi) is 5.50. The van der Waals surface area contributed by atoms with Gasteiger partial charge in [0.15, 0.2) is 6.54 Å². The fraction of sp³-hybridized carbons (Fsp3) is 0.438. The molecule has 1 aliphatic heterocycles. The van der Waals surface area contributed by atoms with Crippen molar-refractivity contribution in [2.75, 3.05) is 32.1 Å². The Balaban J connectivity index is 1.84. The van der Waals surface area contributed by atoms with Crippen molar-refractivity contribution in [2.24, 2.45) is 5.92 Å². The molecule has 0 unspecified atom stereocenters. The molecule has 0 aliphatic carbocycles. The molecule has 0 radical (unpaired) electrons. The number of carbonyl (C=O) groups is 2. The third-order valence-electron chi connectivity index (χ3n) is 3.96. The van der Waals surface area contributed by atoms with Crippen molar-refractivity contribution in [3.8, 4) is 6.07 Å². The molecule has 1 aromatic rings. The molecule has 1 aliphatic rings. The minimum atomic E-state index is -0.161. The number of ether oxygens (including phenoxy) is 1. The first kappa shape index (κ1) is 16.0. The van der Waals surface area contributed by atoms with Gasteiger partial charge in [-0.15, -0.1) is 0 Å². The largest absolute Gasteiger partial charge is 0.469 e. The number of para-hydroxylation sites is 1. The second-order valence-corrected chi connectivity index (χ2v) is 5.43. The van der Waals surface area contributed by atoms with E-state index in [1.54, 1.807) is 24.3 Å². The molecule has 0 atom stereocenters. The van der Waals surface area contributed by atoms with E-state index in [1.807, 2.05) is 0 Å². The highest BCUT2D eigenvalue weighted by Crippen LogP contribution is 2.13. The minimum absolute atomic E-state index is 0.0453.